The summed E-state index contributed by atoms with van der Waals surface area (Å²) >= 11 is 0. The Kier molecular flexibility index (Phi) is 6.43. The number of halogens is 3. The number of rotatable bonds is 6. The van der Waals surface area contributed by atoms with Gasteiger partial charge in [0.05, 0.1) is 17.9 Å². The highest BCUT2D eigenvalue weighted by atomic mass is 19.4. The van der Waals surface area contributed by atoms with Crippen molar-refractivity contribution in [2.75, 3.05) is 11.9 Å². The lowest BCUT2D eigenvalue weighted by Gasteiger charge is -2.16. The van der Waals surface area contributed by atoms with Crippen molar-refractivity contribution in [2.45, 2.75) is 26.1 Å². The van der Waals surface area contributed by atoms with E-state index in [1.807, 2.05) is 6.92 Å². The normalized spacial score (nSPS) is 12.3. The van der Waals surface area contributed by atoms with Gasteiger partial charge in [0.15, 0.2) is 0 Å². The molecule has 1 heterocycles. The Morgan fingerprint density at radius 2 is 1.84 bits per heavy atom. The van der Waals surface area contributed by atoms with Crippen molar-refractivity contribution in [1.29, 1.82) is 0 Å². The minimum atomic E-state index is -4.53. The Labute approximate surface area is 176 Å². The summed E-state index contributed by atoms with van der Waals surface area (Å²) in [6.07, 6.45) is -4.53. The summed E-state index contributed by atoms with van der Waals surface area (Å²) in [5.74, 6) is 0.0196. The van der Waals surface area contributed by atoms with Crippen molar-refractivity contribution in [3.63, 3.8) is 0 Å². The molecule has 0 radical (unpaired) electrons. The number of hydrogen-bond donors (Lipinski definition) is 1. The molecular weight excluding hydrogens is 411 g/mol. The molecule has 0 saturated heterocycles. The molecule has 3 aromatic rings. The fourth-order valence-electron chi connectivity index (χ4n) is 2.88. The zero-order valence-electron chi connectivity index (χ0n) is 16.8. The number of hydrogen-bond acceptors (Lipinski definition) is 4. The fourth-order valence-corrected chi connectivity index (χ4v) is 2.88. The summed E-state index contributed by atoms with van der Waals surface area (Å²) in [7, 11) is 0. The molecule has 1 unspecified atom stereocenters. The van der Waals surface area contributed by atoms with Gasteiger partial charge >= 0.3 is 6.18 Å². The first-order valence-corrected chi connectivity index (χ1v) is 9.50. The maximum atomic E-state index is 12.9. The van der Waals surface area contributed by atoms with Crippen LogP contribution in [0.15, 0.2) is 65.5 Å². The van der Waals surface area contributed by atoms with E-state index in [1.54, 1.807) is 24.3 Å². The number of aromatic nitrogens is 2. The average Bonchev–Trinajstić information content (AvgIpc) is 2.74. The third-order valence-corrected chi connectivity index (χ3v) is 4.49. The van der Waals surface area contributed by atoms with Gasteiger partial charge in [-0.1, -0.05) is 6.07 Å². The smallest absolute Gasteiger partial charge is 0.416 e. The molecule has 0 aliphatic heterocycles. The largest absolute Gasteiger partial charge is 0.494 e. The molecule has 1 aromatic heterocycles. The Bertz CT molecular complexity index is 1130. The first kappa shape index (κ1) is 22.1. The predicted octanol–water partition coefficient (Wildman–Crippen LogP) is 4.53. The molecule has 9 heteroatoms. The average molecular weight is 431 g/mol. The van der Waals surface area contributed by atoms with Gasteiger partial charge in [-0.15, -0.1) is 0 Å². The molecule has 2 aromatic carbocycles. The zero-order valence-corrected chi connectivity index (χ0v) is 16.8. The van der Waals surface area contributed by atoms with Crippen LogP contribution in [-0.2, 0) is 11.0 Å². The SMILES string of the molecule is CCOc1ccc(-c2ccc(=O)n(C(C)C(=O)Nc3cccc(C(F)(F)F)c3)n2)cc1. The van der Waals surface area contributed by atoms with Gasteiger partial charge in [0.1, 0.15) is 11.8 Å². The molecule has 0 fully saturated rings. The van der Waals surface area contributed by atoms with Crippen molar-refractivity contribution < 1.29 is 22.7 Å². The number of anilines is 1. The lowest BCUT2D eigenvalue weighted by molar-refractivity contribution is -0.137. The van der Waals surface area contributed by atoms with E-state index >= 15 is 0 Å². The summed E-state index contributed by atoms with van der Waals surface area (Å²) in [6, 6.07) is 13.1. The van der Waals surface area contributed by atoms with E-state index in [2.05, 4.69) is 10.4 Å². The van der Waals surface area contributed by atoms with Gasteiger partial charge in [-0.2, -0.15) is 18.3 Å². The molecule has 162 valence electrons. The number of amides is 1. The highest BCUT2D eigenvalue weighted by Gasteiger charge is 2.30. The third kappa shape index (κ3) is 5.30. The quantitative estimate of drug-likeness (QED) is 0.623. The van der Waals surface area contributed by atoms with Crippen LogP contribution in [0.1, 0.15) is 25.5 Å². The molecular formula is C22H20F3N3O3. The molecule has 0 bridgehead atoms. The summed E-state index contributed by atoms with van der Waals surface area (Å²) in [6.45, 7) is 3.84. The van der Waals surface area contributed by atoms with Crippen molar-refractivity contribution in [1.82, 2.24) is 9.78 Å². The first-order valence-electron chi connectivity index (χ1n) is 9.50. The lowest BCUT2D eigenvalue weighted by Crippen LogP contribution is -2.33. The Balaban J connectivity index is 1.82. The van der Waals surface area contributed by atoms with Crippen LogP contribution >= 0.6 is 0 Å². The first-order chi connectivity index (χ1) is 14.7. The molecule has 1 N–H and O–H groups in total. The molecule has 0 saturated carbocycles. The van der Waals surface area contributed by atoms with E-state index in [9.17, 15) is 22.8 Å². The number of carbonyl (C=O) groups is 1. The van der Waals surface area contributed by atoms with Gasteiger partial charge in [0.25, 0.3) is 5.56 Å². The zero-order chi connectivity index (χ0) is 22.6. The van der Waals surface area contributed by atoms with Crippen LogP contribution in [-0.4, -0.2) is 22.3 Å². The van der Waals surface area contributed by atoms with Crippen LogP contribution < -0.4 is 15.6 Å². The van der Waals surface area contributed by atoms with E-state index in [0.29, 0.717) is 23.6 Å². The van der Waals surface area contributed by atoms with E-state index in [4.69, 9.17) is 4.74 Å². The van der Waals surface area contributed by atoms with Gasteiger partial charge in [0, 0.05) is 17.3 Å². The van der Waals surface area contributed by atoms with Gasteiger partial charge in [-0.25, -0.2) is 4.68 Å². The highest BCUT2D eigenvalue weighted by Crippen LogP contribution is 2.30. The van der Waals surface area contributed by atoms with Gasteiger partial charge in [0.2, 0.25) is 5.91 Å². The number of carbonyl (C=O) groups excluding carboxylic acids is 1. The minimum absolute atomic E-state index is 0.0256. The number of alkyl halides is 3. The van der Waals surface area contributed by atoms with E-state index in [1.165, 1.54) is 31.2 Å². The third-order valence-electron chi connectivity index (χ3n) is 4.49. The fraction of sp³-hybridized carbons (Fsp3) is 0.227. The number of nitrogens with zero attached hydrogens (tertiary/aromatic N) is 2. The van der Waals surface area contributed by atoms with Crippen molar-refractivity contribution in [2.24, 2.45) is 0 Å². The number of benzene rings is 2. The molecule has 0 aliphatic carbocycles. The number of ether oxygens (including phenoxy) is 1. The number of nitrogens with one attached hydrogen (secondary N) is 1. The van der Waals surface area contributed by atoms with Gasteiger partial charge in [-0.3, -0.25) is 9.59 Å². The molecule has 31 heavy (non-hydrogen) atoms. The molecule has 3 rings (SSSR count). The monoisotopic (exact) mass is 431 g/mol. The van der Waals surface area contributed by atoms with Crippen molar-refractivity contribution in [3.05, 3.63) is 76.6 Å². The van der Waals surface area contributed by atoms with Crippen LogP contribution in [0.3, 0.4) is 0 Å². The van der Waals surface area contributed by atoms with Gasteiger partial charge in [-0.05, 0) is 62.4 Å². The van der Waals surface area contributed by atoms with Crippen LogP contribution in [0.25, 0.3) is 11.3 Å². The van der Waals surface area contributed by atoms with Crippen molar-refractivity contribution in [3.8, 4) is 17.0 Å². The second-order valence-corrected chi connectivity index (χ2v) is 6.70. The second kappa shape index (κ2) is 9.03. The van der Waals surface area contributed by atoms with E-state index < -0.39 is 29.2 Å². The van der Waals surface area contributed by atoms with Crippen LogP contribution in [0, 0.1) is 0 Å². The summed E-state index contributed by atoms with van der Waals surface area (Å²) in [5, 5.41) is 6.67. The Hall–Kier alpha value is -3.62. The van der Waals surface area contributed by atoms with E-state index in [0.717, 1.165) is 16.8 Å². The van der Waals surface area contributed by atoms with Crippen LogP contribution in [0.2, 0.25) is 0 Å². The molecule has 1 atom stereocenters. The van der Waals surface area contributed by atoms with E-state index in [-0.39, 0.29) is 5.69 Å². The molecule has 6 nitrogen and oxygen atoms in total. The Morgan fingerprint density at radius 3 is 2.48 bits per heavy atom. The highest BCUT2D eigenvalue weighted by molar-refractivity contribution is 5.93. The summed E-state index contributed by atoms with van der Waals surface area (Å²) in [4.78, 5) is 24.9. The van der Waals surface area contributed by atoms with Crippen LogP contribution in [0.4, 0.5) is 18.9 Å². The maximum absolute atomic E-state index is 12.9. The summed E-state index contributed by atoms with van der Waals surface area (Å²) < 4.78 is 45.0. The molecule has 0 spiro atoms. The molecule has 1 amide bonds. The summed E-state index contributed by atoms with van der Waals surface area (Å²) in [5.41, 5.74) is -0.251. The van der Waals surface area contributed by atoms with Gasteiger partial charge < -0.3 is 10.1 Å². The minimum Gasteiger partial charge on any atom is -0.494 e. The molecule has 0 aliphatic rings. The predicted molar refractivity (Wildman–Crippen MR) is 110 cm³/mol. The lowest BCUT2D eigenvalue weighted by atomic mass is 10.1. The maximum Gasteiger partial charge on any atom is 0.416 e. The second-order valence-electron chi connectivity index (χ2n) is 6.70. The topological polar surface area (TPSA) is 73.2 Å². The Morgan fingerprint density at radius 1 is 1.13 bits per heavy atom. The van der Waals surface area contributed by atoms with Crippen molar-refractivity contribution >= 4 is 11.6 Å². The van der Waals surface area contributed by atoms with Crippen LogP contribution in [0.5, 0.6) is 5.75 Å². The standard InChI is InChI=1S/C22H20F3N3O3/c1-3-31-18-9-7-15(8-10-18)19-11-12-20(29)28(27-19)14(2)21(30)26-17-6-4-5-16(13-17)22(23,24)25/h4-14H,3H2,1-2H3,(H,26,30).